The van der Waals surface area contributed by atoms with Crippen molar-refractivity contribution in [3.63, 3.8) is 0 Å². The third-order valence-electron chi connectivity index (χ3n) is 11.9. The van der Waals surface area contributed by atoms with Crippen LogP contribution in [0.4, 0.5) is 17.1 Å². The molecular weight excluding hydrogens is 761 g/mol. The molecule has 12 aromatic rings. The first-order chi connectivity index (χ1) is 30.2. The molecule has 61 heavy (non-hydrogen) atoms. The molecule has 0 unspecified atom stereocenters. The zero-order chi connectivity index (χ0) is 40.3. The fraction of sp³-hybridized carbons (Fsp3) is 0. The number of aromatic nitrogens is 1. The van der Waals surface area contributed by atoms with Crippen molar-refractivity contribution < 1.29 is 4.42 Å². The number of para-hydroxylation sites is 1. The van der Waals surface area contributed by atoms with Gasteiger partial charge in [0, 0.05) is 33.3 Å². The van der Waals surface area contributed by atoms with Gasteiger partial charge in [0.2, 0.25) is 0 Å². The molecular formula is C57H36N2OS. The second kappa shape index (κ2) is 14.5. The number of anilines is 3. The second-order valence-corrected chi connectivity index (χ2v) is 16.5. The Kier molecular flexibility index (Phi) is 8.36. The predicted octanol–water partition coefficient (Wildman–Crippen LogP) is 16.6. The van der Waals surface area contributed by atoms with Crippen molar-refractivity contribution in [3.05, 3.63) is 218 Å². The van der Waals surface area contributed by atoms with Crippen LogP contribution in [0.1, 0.15) is 0 Å². The van der Waals surface area contributed by atoms with Crippen LogP contribution in [-0.4, -0.2) is 4.98 Å². The maximum atomic E-state index is 6.41. The van der Waals surface area contributed by atoms with E-state index in [2.05, 4.69) is 217 Å². The number of rotatable bonds is 7. The van der Waals surface area contributed by atoms with Crippen LogP contribution in [0.25, 0.3) is 97.7 Å². The van der Waals surface area contributed by atoms with Crippen LogP contribution in [-0.2, 0) is 0 Å². The van der Waals surface area contributed by atoms with Gasteiger partial charge in [-0.05, 0) is 110 Å². The zero-order valence-corrected chi connectivity index (χ0v) is 33.8. The molecule has 286 valence electrons. The molecule has 0 radical (unpaired) electrons. The van der Waals surface area contributed by atoms with E-state index in [1.165, 1.54) is 43.8 Å². The first-order valence-corrected chi connectivity index (χ1v) is 21.4. The first-order valence-electron chi connectivity index (χ1n) is 20.6. The summed E-state index contributed by atoms with van der Waals surface area (Å²) in [6, 6.07) is 78.2. The summed E-state index contributed by atoms with van der Waals surface area (Å²) in [5.74, 6) is 0. The molecule has 0 N–H and O–H groups in total. The van der Waals surface area contributed by atoms with E-state index < -0.39 is 0 Å². The monoisotopic (exact) mass is 796 g/mol. The number of hydrogen-bond acceptors (Lipinski definition) is 4. The Morgan fingerprint density at radius 3 is 1.75 bits per heavy atom. The van der Waals surface area contributed by atoms with Crippen molar-refractivity contribution in [2.45, 2.75) is 0 Å². The standard InChI is InChI=1S/C57H36N2OS/c1-3-13-38(14-4-1)46-19-11-12-22-52(46)59(44-30-25-39(26-31-44)49-36-42-17-7-8-18-45(42)47-20-9-10-21-48(47)49)43-28-23-37(24-29-43)41-27-33-53-50(35-41)55-54(60-53)34-32-51-56(55)61-57(58-51)40-15-5-2-6-16-40/h1-36H. The molecule has 3 nitrogen and oxygen atoms in total. The molecule has 0 amide bonds. The van der Waals surface area contributed by atoms with Crippen molar-refractivity contribution in [1.82, 2.24) is 4.98 Å². The lowest BCUT2D eigenvalue weighted by Gasteiger charge is -2.28. The van der Waals surface area contributed by atoms with Gasteiger partial charge in [-0.2, -0.15) is 0 Å². The number of nitrogens with zero attached hydrogens (tertiary/aromatic N) is 2. The number of hydrogen-bond donors (Lipinski definition) is 0. The summed E-state index contributed by atoms with van der Waals surface area (Å²) in [4.78, 5) is 7.40. The smallest absolute Gasteiger partial charge is 0.137 e. The van der Waals surface area contributed by atoms with E-state index in [0.29, 0.717) is 0 Å². The van der Waals surface area contributed by atoms with Gasteiger partial charge in [-0.15, -0.1) is 11.3 Å². The van der Waals surface area contributed by atoms with Gasteiger partial charge in [-0.1, -0.05) is 158 Å². The SMILES string of the molecule is c1ccc(-c2nc3ccc4oc5ccc(-c6ccc(N(c7ccc(-c8cc9ccccc9c9ccccc89)cc7)c7ccccc7-c7ccccc7)cc6)cc5c4c3s2)cc1. The zero-order valence-electron chi connectivity index (χ0n) is 33.0. The number of fused-ring (bicyclic) bond motifs is 8. The summed E-state index contributed by atoms with van der Waals surface area (Å²) >= 11 is 1.72. The minimum atomic E-state index is 0.876. The number of furan rings is 1. The highest BCUT2D eigenvalue weighted by atomic mass is 32.1. The second-order valence-electron chi connectivity index (χ2n) is 15.5. The largest absolute Gasteiger partial charge is 0.456 e. The normalized spacial score (nSPS) is 11.6. The number of thiazole rings is 1. The van der Waals surface area contributed by atoms with Gasteiger partial charge in [-0.25, -0.2) is 4.98 Å². The Bertz CT molecular complexity index is 3570. The highest BCUT2D eigenvalue weighted by molar-refractivity contribution is 7.22. The van der Waals surface area contributed by atoms with Crippen LogP contribution >= 0.6 is 11.3 Å². The summed E-state index contributed by atoms with van der Waals surface area (Å²) < 4.78 is 7.56. The van der Waals surface area contributed by atoms with Crippen molar-refractivity contribution in [1.29, 1.82) is 0 Å². The topological polar surface area (TPSA) is 29.3 Å². The summed E-state index contributed by atoms with van der Waals surface area (Å²) in [5, 5.41) is 8.28. The Morgan fingerprint density at radius 1 is 0.393 bits per heavy atom. The Labute approximate surface area is 357 Å². The lowest BCUT2D eigenvalue weighted by Crippen LogP contribution is -2.11. The fourth-order valence-electron chi connectivity index (χ4n) is 8.97. The quantitative estimate of drug-likeness (QED) is 0.150. The van der Waals surface area contributed by atoms with Crippen molar-refractivity contribution >= 4 is 82.1 Å². The minimum Gasteiger partial charge on any atom is -0.456 e. The predicted molar refractivity (Wildman–Crippen MR) is 258 cm³/mol. The maximum Gasteiger partial charge on any atom is 0.137 e. The molecule has 0 bridgehead atoms. The summed E-state index contributed by atoms with van der Waals surface area (Å²) in [7, 11) is 0. The summed E-state index contributed by atoms with van der Waals surface area (Å²) in [6.45, 7) is 0. The van der Waals surface area contributed by atoms with Crippen LogP contribution < -0.4 is 4.90 Å². The summed E-state index contributed by atoms with van der Waals surface area (Å²) in [6.07, 6.45) is 0. The van der Waals surface area contributed by atoms with E-state index in [4.69, 9.17) is 9.40 Å². The van der Waals surface area contributed by atoms with E-state index >= 15 is 0 Å². The average Bonchev–Trinajstić information content (AvgIpc) is 3.94. The Morgan fingerprint density at radius 2 is 0.984 bits per heavy atom. The lowest BCUT2D eigenvalue weighted by molar-refractivity contribution is 0.669. The molecule has 0 saturated heterocycles. The van der Waals surface area contributed by atoms with Gasteiger partial charge < -0.3 is 9.32 Å². The Balaban J connectivity index is 0.959. The maximum absolute atomic E-state index is 6.41. The van der Waals surface area contributed by atoms with Gasteiger partial charge in [0.05, 0.1) is 15.9 Å². The van der Waals surface area contributed by atoms with Crippen LogP contribution in [0.15, 0.2) is 223 Å². The van der Waals surface area contributed by atoms with Gasteiger partial charge in [0.25, 0.3) is 0 Å². The lowest BCUT2D eigenvalue weighted by atomic mass is 9.93. The highest BCUT2D eigenvalue weighted by Crippen LogP contribution is 2.44. The molecule has 2 heterocycles. The van der Waals surface area contributed by atoms with Crippen LogP contribution in [0.5, 0.6) is 0 Å². The van der Waals surface area contributed by atoms with E-state index in [1.54, 1.807) is 11.3 Å². The van der Waals surface area contributed by atoms with E-state index in [1.807, 2.05) is 6.07 Å². The minimum absolute atomic E-state index is 0.876. The molecule has 4 heteroatoms. The van der Waals surface area contributed by atoms with Crippen LogP contribution in [0.3, 0.4) is 0 Å². The van der Waals surface area contributed by atoms with Gasteiger partial charge in [0.15, 0.2) is 0 Å². The molecule has 0 fully saturated rings. The van der Waals surface area contributed by atoms with E-state index in [0.717, 1.165) is 70.9 Å². The van der Waals surface area contributed by atoms with Crippen molar-refractivity contribution in [2.24, 2.45) is 0 Å². The van der Waals surface area contributed by atoms with Gasteiger partial charge >= 0.3 is 0 Å². The van der Waals surface area contributed by atoms with Crippen LogP contribution in [0.2, 0.25) is 0 Å². The highest BCUT2D eigenvalue weighted by Gasteiger charge is 2.19. The third kappa shape index (κ3) is 6.07. The summed E-state index contributed by atoms with van der Waals surface area (Å²) in [5.41, 5.74) is 14.2. The van der Waals surface area contributed by atoms with Gasteiger partial charge in [-0.3, -0.25) is 0 Å². The molecule has 12 rings (SSSR count). The molecule has 0 atom stereocenters. The van der Waals surface area contributed by atoms with Gasteiger partial charge in [0.1, 0.15) is 16.2 Å². The molecule has 0 saturated carbocycles. The first kappa shape index (κ1) is 35.2. The van der Waals surface area contributed by atoms with E-state index in [-0.39, 0.29) is 0 Å². The average molecular weight is 797 g/mol. The molecule has 10 aromatic carbocycles. The van der Waals surface area contributed by atoms with E-state index in [9.17, 15) is 0 Å². The third-order valence-corrected chi connectivity index (χ3v) is 13.0. The number of benzene rings is 10. The molecule has 0 aliphatic heterocycles. The van der Waals surface area contributed by atoms with Crippen molar-refractivity contribution in [3.8, 4) is 44.0 Å². The molecule has 2 aromatic heterocycles. The molecule has 0 spiro atoms. The molecule has 0 aliphatic carbocycles. The van der Waals surface area contributed by atoms with Crippen molar-refractivity contribution in [2.75, 3.05) is 4.90 Å². The molecule has 0 aliphatic rings. The fourth-order valence-corrected chi connectivity index (χ4v) is 10.1. The van der Waals surface area contributed by atoms with Crippen LogP contribution in [0, 0.1) is 0 Å². The Hall–Kier alpha value is -7.79.